The number of hydrogen-bond donors (Lipinski definition) is 1. The minimum atomic E-state index is -0.0311. The molecule has 2 amide bonds. The van der Waals surface area contributed by atoms with Gasteiger partial charge in [0.1, 0.15) is 0 Å². The summed E-state index contributed by atoms with van der Waals surface area (Å²) in [6, 6.07) is 9.42. The van der Waals surface area contributed by atoms with Gasteiger partial charge in [0.15, 0.2) is 0 Å². The van der Waals surface area contributed by atoms with E-state index in [4.69, 9.17) is 0 Å². The first kappa shape index (κ1) is 17.9. The van der Waals surface area contributed by atoms with Crippen molar-refractivity contribution in [2.45, 2.75) is 38.6 Å². The van der Waals surface area contributed by atoms with Crippen LogP contribution in [0.15, 0.2) is 30.3 Å². The third-order valence-electron chi connectivity index (χ3n) is 5.48. The van der Waals surface area contributed by atoms with E-state index in [0.29, 0.717) is 25.6 Å². The molecular weight excluding hydrogens is 314 g/mol. The van der Waals surface area contributed by atoms with Crippen molar-refractivity contribution in [3.63, 3.8) is 0 Å². The van der Waals surface area contributed by atoms with Crippen LogP contribution in [0.1, 0.15) is 43.0 Å². The smallest absolute Gasteiger partial charge is 0.253 e. The van der Waals surface area contributed by atoms with E-state index in [9.17, 15) is 9.59 Å². The first-order chi connectivity index (χ1) is 12.2. The Labute approximate surface area is 150 Å². The van der Waals surface area contributed by atoms with Gasteiger partial charge in [-0.15, -0.1) is 0 Å². The highest BCUT2D eigenvalue weighted by atomic mass is 16.2. The molecule has 1 saturated heterocycles. The standard InChI is InChI=1S/C20H29N3O2/c1-2-21-19(24)18(16-8-6-7-9-16)22-12-14-23(15-13-22)20(25)17-10-4-3-5-11-17/h3-5,10-11,16,18H,2,6-9,12-15H2,1H3,(H,21,24). The molecule has 2 aliphatic rings. The first-order valence-corrected chi connectivity index (χ1v) is 9.56. The van der Waals surface area contributed by atoms with E-state index in [0.717, 1.165) is 31.5 Å². The minimum absolute atomic E-state index is 0.0311. The molecule has 5 heteroatoms. The van der Waals surface area contributed by atoms with Gasteiger partial charge in [0.25, 0.3) is 5.91 Å². The van der Waals surface area contributed by atoms with Crippen LogP contribution in [-0.2, 0) is 4.79 Å². The van der Waals surface area contributed by atoms with Crippen molar-refractivity contribution in [1.29, 1.82) is 0 Å². The van der Waals surface area contributed by atoms with Gasteiger partial charge in [-0.3, -0.25) is 14.5 Å². The Morgan fingerprint density at radius 1 is 1.08 bits per heavy atom. The number of likely N-dealkylation sites (N-methyl/N-ethyl adjacent to an activating group) is 1. The molecule has 2 fully saturated rings. The number of rotatable bonds is 5. The molecule has 0 bridgehead atoms. The van der Waals surface area contributed by atoms with Crippen LogP contribution >= 0.6 is 0 Å². The van der Waals surface area contributed by atoms with E-state index < -0.39 is 0 Å². The van der Waals surface area contributed by atoms with Gasteiger partial charge in [-0.2, -0.15) is 0 Å². The lowest BCUT2D eigenvalue weighted by Gasteiger charge is -2.40. The summed E-state index contributed by atoms with van der Waals surface area (Å²) in [5, 5.41) is 3.02. The van der Waals surface area contributed by atoms with Gasteiger partial charge in [0, 0.05) is 38.3 Å². The highest BCUT2D eigenvalue weighted by Gasteiger charge is 2.37. The van der Waals surface area contributed by atoms with Crippen LogP contribution in [0.5, 0.6) is 0 Å². The molecule has 1 aliphatic heterocycles. The van der Waals surface area contributed by atoms with Crippen molar-refractivity contribution in [2.75, 3.05) is 32.7 Å². The summed E-state index contributed by atoms with van der Waals surface area (Å²) in [7, 11) is 0. The maximum absolute atomic E-state index is 12.6. The fraction of sp³-hybridized carbons (Fsp3) is 0.600. The number of carbonyl (C=O) groups excluding carboxylic acids is 2. The summed E-state index contributed by atoms with van der Waals surface area (Å²) in [6.45, 7) is 5.58. The second-order valence-electron chi connectivity index (χ2n) is 7.08. The Morgan fingerprint density at radius 3 is 2.32 bits per heavy atom. The maximum atomic E-state index is 12.6. The van der Waals surface area contributed by atoms with Crippen LogP contribution in [0.2, 0.25) is 0 Å². The third-order valence-corrected chi connectivity index (χ3v) is 5.48. The number of piperazine rings is 1. The Bertz CT molecular complexity index is 576. The average Bonchev–Trinajstić information content (AvgIpc) is 3.17. The fourth-order valence-corrected chi connectivity index (χ4v) is 4.20. The monoisotopic (exact) mass is 343 g/mol. The van der Waals surface area contributed by atoms with Crippen LogP contribution in [-0.4, -0.2) is 60.4 Å². The van der Waals surface area contributed by atoms with Crippen LogP contribution in [0, 0.1) is 5.92 Å². The molecule has 1 unspecified atom stereocenters. The number of hydrogen-bond acceptors (Lipinski definition) is 3. The predicted octanol–water partition coefficient (Wildman–Crippen LogP) is 2.14. The number of benzene rings is 1. The molecule has 25 heavy (non-hydrogen) atoms. The maximum Gasteiger partial charge on any atom is 0.253 e. The molecule has 0 spiro atoms. The molecule has 0 radical (unpaired) electrons. The van der Waals surface area contributed by atoms with E-state index in [1.54, 1.807) is 0 Å². The van der Waals surface area contributed by atoms with Crippen molar-refractivity contribution in [3.8, 4) is 0 Å². The zero-order valence-electron chi connectivity index (χ0n) is 15.1. The van der Waals surface area contributed by atoms with E-state index in [1.165, 1.54) is 12.8 Å². The molecule has 1 N–H and O–H groups in total. The van der Waals surface area contributed by atoms with E-state index in [-0.39, 0.29) is 17.9 Å². The van der Waals surface area contributed by atoms with Crippen molar-refractivity contribution >= 4 is 11.8 Å². The van der Waals surface area contributed by atoms with Crippen LogP contribution < -0.4 is 5.32 Å². The van der Waals surface area contributed by atoms with Crippen molar-refractivity contribution in [1.82, 2.24) is 15.1 Å². The van der Waals surface area contributed by atoms with E-state index in [2.05, 4.69) is 10.2 Å². The van der Waals surface area contributed by atoms with Crippen molar-refractivity contribution in [3.05, 3.63) is 35.9 Å². The summed E-state index contributed by atoms with van der Waals surface area (Å²) in [5.41, 5.74) is 0.743. The summed E-state index contributed by atoms with van der Waals surface area (Å²) in [6.07, 6.45) is 4.75. The third kappa shape index (κ3) is 4.21. The van der Waals surface area contributed by atoms with Gasteiger partial charge in [-0.25, -0.2) is 0 Å². The minimum Gasteiger partial charge on any atom is -0.355 e. The lowest BCUT2D eigenvalue weighted by atomic mass is 9.95. The SMILES string of the molecule is CCNC(=O)C(C1CCCC1)N1CCN(C(=O)c2ccccc2)CC1. The molecular formula is C20H29N3O2. The molecule has 3 rings (SSSR count). The summed E-state index contributed by atoms with van der Waals surface area (Å²) in [4.78, 5) is 29.4. The van der Waals surface area contributed by atoms with Crippen LogP contribution in [0.25, 0.3) is 0 Å². The highest BCUT2D eigenvalue weighted by molar-refractivity contribution is 5.94. The number of nitrogens with one attached hydrogen (secondary N) is 1. The second kappa shape index (κ2) is 8.48. The summed E-state index contributed by atoms with van der Waals surface area (Å²) in [5.74, 6) is 0.718. The molecule has 1 aliphatic carbocycles. The molecule has 1 atom stereocenters. The summed E-state index contributed by atoms with van der Waals surface area (Å²) >= 11 is 0. The molecule has 136 valence electrons. The molecule has 5 nitrogen and oxygen atoms in total. The fourth-order valence-electron chi connectivity index (χ4n) is 4.20. The van der Waals surface area contributed by atoms with E-state index in [1.807, 2.05) is 42.2 Å². The number of carbonyl (C=O) groups is 2. The van der Waals surface area contributed by atoms with Gasteiger partial charge < -0.3 is 10.2 Å². The lowest BCUT2D eigenvalue weighted by molar-refractivity contribution is -0.129. The summed E-state index contributed by atoms with van der Waals surface area (Å²) < 4.78 is 0. The quantitative estimate of drug-likeness (QED) is 0.891. The lowest BCUT2D eigenvalue weighted by Crippen LogP contribution is -2.58. The highest BCUT2D eigenvalue weighted by Crippen LogP contribution is 2.31. The number of amides is 2. The molecule has 1 saturated carbocycles. The van der Waals surface area contributed by atoms with Crippen LogP contribution in [0.3, 0.4) is 0 Å². The van der Waals surface area contributed by atoms with Gasteiger partial charge >= 0.3 is 0 Å². The van der Waals surface area contributed by atoms with Gasteiger partial charge in [0.05, 0.1) is 6.04 Å². The first-order valence-electron chi connectivity index (χ1n) is 9.56. The van der Waals surface area contributed by atoms with Gasteiger partial charge in [-0.1, -0.05) is 31.0 Å². The zero-order valence-corrected chi connectivity index (χ0v) is 15.1. The largest absolute Gasteiger partial charge is 0.355 e. The molecule has 1 aromatic rings. The Kier molecular flexibility index (Phi) is 6.08. The van der Waals surface area contributed by atoms with Gasteiger partial charge in [-0.05, 0) is 37.8 Å². The Balaban J connectivity index is 1.62. The van der Waals surface area contributed by atoms with E-state index >= 15 is 0 Å². The molecule has 0 aromatic heterocycles. The normalized spacial score (nSPS) is 20.4. The Morgan fingerprint density at radius 2 is 1.72 bits per heavy atom. The second-order valence-corrected chi connectivity index (χ2v) is 7.08. The van der Waals surface area contributed by atoms with Crippen molar-refractivity contribution < 1.29 is 9.59 Å². The molecule has 1 heterocycles. The van der Waals surface area contributed by atoms with Gasteiger partial charge in [0.2, 0.25) is 5.91 Å². The average molecular weight is 343 g/mol. The Hall–Kier alpha value is -1.88. The van der Waals surface area contributed by atoms with Crippen LogP contribution in [0.4, 0.5) is 0 Å². The predicted molar refractivity (Wildman–Crippen MR) is 98.3 cm³/mol. The zero-order chi connectivity index (χ0) is 17.6. The van der Waals surface area contributed by atoms with Crippen molar-refractivity contribution in [2.24, 2.45) is 5.92 Å². The molecule has 1 aromatic carbocycles. The number of nitrogens with zero attached hydrogens (tertiary/aromatic N) is 2. The topological polar surface area (TPSA) is 52.7 Å².